The summed E-state index contributed by atoms with van der Waals surface area (Å²) in [6, 6.07) is 0. The maximum absolute atomic E-state index is 11.2. The predicted molar refractivity (Wildman–Crippen MR) is 62.1 cm³/mol. The van der Waals surface area contributed by atoms with E-state index in [4.69, 9.17) is 0 Å². The summed E-state index contributed by atoms with van der Waals surface area (Å²) in [5.74, 6) is 0.0452. The van der Waals surface area contributed by atoms with Gasteiger partial charge in [0.05, 0.1) is 17.2 Å². The van der Waals surface area contributed by atoms with Crippen LogP contribution in [0.4, 0.5) is 0 Å². The van der Waals surface area contributed by atoms with Crippen molar-refractivity contribution in [2.45, 2.75) is 20.3 Å². The summed E-state index contributed by atoms with van der Waals surface area (Å²) >= 11 is 1.64. The standard InChI is InChI=1S/C10H17N3OS/c1-3-11-6-10(14)12-5-4-9-7-15-8(2)13-9/h7,11H,3-6H2,1-2H3,(H,12,14). The first-order chi connectivity index (χ1) is 7.22. The summed E-state index contributed by atoms with van der Waals surface area (Å²) in [4.78, 5) is 15.5. The fourth-order valence-electron chi connectivity index (χ4n) is 1.15. The first-order valence-electron chi connectivity index (χ1n) is 5.10. The van der Waals surface area contributed by atoms with Gasteiger partial charge in [0.1, 0.15) is 0 Å². The van der Waals surface area contributed by atoms with Crippen molar-refractivity contribution in [3.8, 4) is 0 Å². The number of nitrogens with one attached hydrogen (secondary N) is 2. The normalized spacial score (nSPS) is 10.3. The molecule has 0 bridgehead atoms. The van der Waals surface area contributed by atoms with Crippen molar-refractivity contribution in [3.63, 3.8) is 0 Å². The highest BCUT2D eigenvalue weighted by Crippen LogP contribution is 2.07. The summed E-state index contributed by atoms with van der Waals surface area (Å²) < 4.78 is 0. The molecule has 5 heteroatoms. The molecule has 0 saturated heterocycles. The van der Waals surface area contributed by atoms with E-state index < -0.39 is 0 Å². The van der Waals surface area contributed by atoms with E-state index in [2.05, 4.69) is 15.6 Å². The summed E-state index contributed by atoms with van der Waals surface area (Å²) in [5, 5.41) is 8.92. The zero-order chi connectivity index (χ0) is 11.1. The number of rotatable bonds is 6. The number of hydrogen-bond donors (Lipinski definition) is 2. The molecule has 0 fully saturated rings. The average Bonchev–Trinajstić information content (AvgIpc) is 2.61. The quantitative estimate of drug-likeness (QED) is 0.753. The van der Waals surface area contributed by atoms with Crippen LogP contribution in [0.2, 0.25) is 0 Å². The zero-order valence-electron chi connectivity index (χ0n) is 9.17. The number of carbonyl (C=O) groups is 1. The van der Waals surface area contributed by atoms with Gasteiger partial charge in [0.2, 0.25) is 5.91 Å². The lowest BCUT2D eigenvalue weighted by Gasteiger charge is -2.03. The summed E-state index contributed by atoms with van der Waals surface area (Å²) in [7, 11) is 0. The van der Waals surface area contributed by atoms with Crippen molar-refractivity contribution >= 4 is 17.2 Å². The SMILES string of the molecule is CCNCC(=O)NCCc1csc(C)n1. The Labute approximate surface area is 94.1 Å². The van der Waals surface area contributed by atoms with E-state index in [1.54, 1.807) is 11.3 Å². The Kier molecular flexibility index (Phi) is 5.28. The highest BCUT2D eigenvalue weighted by molar-refractivity contribution is 7.09. The third kappa shape index (κ3) is 4.90. The van der Waals surface area contributed by atoms with Gasteiger partial charge in [-0.15, -0.1) is 11.3 Å². The second kappa shape index (κ2) is 6.53. The van der Waals surface area contributed by atoms with Crippen LogP contribution < -0.4 is 10.6 Å². The monoisotopic (exact) mass is 227 g/mol. The Bertz CT molecular complexity index is 311. The van der Waals surface area contributed by atoms with Gasteiger partial charge in [0.15, 0.2) is 0 Å². The number of thiazole rings is 1. The molecule has 0 radical (unpaired) electrons. The largest absolute Gasteiger partial charge is 0.355 e. The van der Waals surface area contributed by atoms with Crippen LogP contribution in [0, 0.1) is 6.92 Å². The molecule has 0 aliphatic rings. The number of likely N-dealkylation sites (N-methyl/N-ethyl adjacent to an activating group) is 1. The van der Waals surface area contributed by atoms with Crippen LogP contribution in [-0.4, -0.2) is 30.5 Å². The van der Waals surface area contributed by atoms with Crippen LogP contribution in [0.1, 0.15) is 17.6 Å². The molecule has 15 heavy (non-hydrogen) atoms. The second-order valence-electron chi connectivity index (χ2n) is 3.24. The minimum absolute atomic E-state index is 0.0452. The summed E-state index contributed by atoms with van der Waals surface area (Å²) in [5.41, 5.74) is 1.06. The molecule has 1 heterocycles. The Balaban J connectivity index is 2.13. The van der Waals surface area contributed by atoms with Crippen molar-refractivity contribution in [3.05, 3.63) is 16.1 Å². The lowest BCUT2D eigenvalue weighted by Crippen LogP contribution is -2.34. The van der Waals surface area contributed by atoms with E-state index in [1.807, 2.05) is 19.2 Å². The molecule has 1 amide bonds. The molecule has 0 unspecified atom stereocenters. The van der Waals surface area contributed by atoms with Gasteiger partial charge in [-0.3, -0.25) is 4.79 Å². The maximum atomic E-state index is 11.2. The molecular weight excluding hydrogens is 210 g/mol. The maximum Gasteiger partial charge on any atom is 0.233 e. The first-order valence-corrected chi connectivity index (χ1v) is 5.98. The highest BCUT2D eigenvalue weighted by atomic mass is 32.1. The van der Waals surface area contributed by atoms with E-state index in [9.17, 15) is 4.79 Å². The predicted octanol–water partition coefficient (Wildman–Crippen LogP) is 0.720. The fourth-order valence-corrected chi connectivity index (χ4v) is 1.80. The molecule has 2 N–H and O–H groups in total. The van der Waals surface area contributed by atoms with Gasteiger partial charge in [0.25, 0.3) is 0 Å². The molecule has 1 aromatic rings. The Morgan fingerprint density at radius 1 is 1.60 bits per heavy atom. The van der Waals surface area contributed by atoms with E-state index >= 15 is 0 Å². The van der Waals surface area contributed by atoms with Crippen molar-refractivity contribution in [2.75, 3.05) is 19.6 Å². The Morgan fingerprint density at radius 3 is 3.00 bits per heavy atom. The molecule has 0 spiro atoms. The van der Waals surface area contributed by atoms with Gasteiger partial charge in [-0.05, 0) is 13.5 Å². The van der Waals surface area contributed by atoms with Gasteiger partial charge in [-0.1, -0.05) is 6.92 Å². The van der Waals surface area contributed by atoms with Crippen molar-refractivity contribution < 1.29 is 4.79 Å². The molecule has 1 aromatic heterocycles. The topological polar surface area (TPSA) is 54.0 Å². The molecule has 1 rings (SSSR count). The number of hydrogen-bond acceptors (Lipinski definition) is 4. The third-order valence-corrected chi connectivity index (χ3v) is 2.73. The van der Waals surface area contributed by atoms with E-state index in [1.165, 1.54) is 0 Å². The van der Waals surface area contributed by atoms with Crippen molar-refractivity contribution in [2.24, 2.45) is 0 Å². The highest BCUT2D eigenvalue weighted by Gasteiger charge is 2.01. The minimum atomic E-state index is 0.0452. The van der Waals surface area contributed by atoms with Gasteiger partial charge in [0, 0.05) is 18.3 Å². The molecule has 0 aliphatic carbocycles. The lowest BCUT2D eigenvalue weighted by molar-refractivity contribution is -0.120. The third-order valence-electron chi connectivity index (χ3n) is 1.91. The molecule has 0 aliphatic heterocycles. The van der Waals surface area contributed by atoms with Crippen LogP contribution in [-0.2, 0) is 11.2 Å². The summed E-state index contributed by atoms with van der Waals surface area (Å²) in [6.07, 6.45) is 0.808. The van der Waals surface area contributed by atoms with E-state index in [0.29, 0.717) is 13.1 Å². The average molecular weight is 227 g/mol. The molecular formula is C10H17N3OS. The van der Waals surface area contributed by atoms with Crippen LogP contribution in [0.25, 0.3) is 0 Å². The van der Waals surface area contributed by atoms with Crippen molar-refractivity contribution in [1.29, 1.82) is 0 Å². The smallest absolute Gasteiger partial charge is 0.233 e. The first kappa shape index (κ1) is 12.1. The molecule has 4 nitrogen and oxygen atoms in total. The number of nitrogens with zero attached hydrogens (tertiary/aromatic N) is 1. The Hall–Kier alpha value is -0.940. The van der Waals surface area contributed by atoms with E-state index in [-0.39, 0.29) is 5.91 Å². The van der Waals surface area contributed by atoms with Crippen LogP contribution in [0.15, 0.2) is 5.38 Å². The zero-order valence-corrected chi connectivity index (χ0v) is 9.99. The lowest BCUT2D eigenvalue weighted by atomic mass is 10.3. The van der Waals surface area contributed by atoms with Crippen LogP contribution in [0.3, 0.4) is 0 Å². The fraction of sp³-hybridized carbons (Fsp3) is 0.600. The second-order valence-corrected chi connectivity index (χ2v) is 4.30. The van der Waals surface area contributed by atoms with Gasteiger partial charge >= 0.3 is 0 Å². The molecule has 0 saturated carbocycles. The number of carbonyl (C=O) groups excluding carboxylic acids is 1. The van der Waals surface area contributed by atoms with Crippen LogP contribution in [0.5, 0.6) is 0 Å². The molecule has 84 valence electrons. The van der Waals surface area contributed by atoms with Crippen LogP contribution >= 0.6 is 11.3 Å². The number of aromatic nitrogens is 1. The number of aryl methyl sites for hydroxylation is 1. The van der Waals surface area contributed by atoms with Gasteiger partial charge in [-0.2, -0.15) is 0 Å². The Morgan fingerprint density at radius 2 is 2.40 bits per heavy atom. The summed E-state index contributed by atoms with van der Waals surface area (Å²) in [6.45, 7) is 5.84. The van der Waals surface area contributed by atoms with Crippen molar-refractivity contribution in [1.82, 2.24) is 15.6 Å². The molecule has 0 aromatic carbocycles. The van der Waals surface area contributed by atoms with Gasteiger partial charge < -0.3 is 10.6 Å². The molecule has 0 atom stereocenters. The van der Waals surface area contributed by atoms with Gasteiger partial charge in [-0.25, -0.2) is 4.98 Å². The van der Waals surface area contributed by atoms with E-state index in [0.717, 1.165) is 23.7 Å². The minimum Gasteiger partial charge on any atom is -0.355 e. The number of amides is 1.